The number of hydroxylamine groups is 3. The minimum Gasteiger partial charge on any atom is -0.633 e. The molecule has 4 fully saturated rings. The van der Waals surface area contributed by atoms with Crippen LogP contribution < -0.4 is 5.73 Å². The molecule has 0 saturated carbocycles. The highest BCUT2D eigenvalue weighted by Gasteiger charge is 2.58. The van der Waals surface area contributed by atoms with E-state index in [9.17, 15) is 19.6 Å². The van der Waals surface area contributed by atoms with Gasteiger partial charge >= 0.3 is 0 Å². The molecule has 31 heavy (non-hydrogen) atoms. The molecule has 0 bridgehead atoms. The molecule has 5 heterocycles. The SMILES string of the molecule is Nc1cccc2c1C(=O)N(C1CC[C@@H]3[C@H]4CCC[N+]5([O-])CCC[C@@H](CN3C1=O)[C@@H]45)C2=O. The number of quaternary nitrogens is 1. The summed E-state index contributed by atoms with van der Waals surface area (Å²) in [5.74, 6) is -0.579. The molecule has 2 N–H and O–H groups in total. The highest BCUT2D eigenvalue weighted by atomic mass is 16.5. The normalized spacial score (nSPS) is 39.3. The van der Waals surface area contributed by atoms with E-state index >= 15 is 0 Å². The van der Waals surface area contributed by atoms with Crippen molar-refractivity contribution < 1.29 is 19.0 Å². The van der Waals surface area contributed by atoms with E-state index in [1.165, 1.54) is 0 Å². The number of imide groups is 1. The maximum Gasteiger partial charge on any atom is 0.264 e. The lowest BCUT2D eigenvalue weighted by Gasteiger charge is -2.64. The third kappa shape index (κ3) is 2.52. The van der Waals surface area contributed by atoms with Gasteiger partial charge in [0.25, 0.3) is 11.8 Å². The monoisotopic (exact) mass is 424 g/mol. The first-order valence-corrected chi connectivity index (χ1v) is 11.6. The summed E-state index contributed by atoms with van der Waals surface area (Å²) in [4.78, 5) is 42.8. The van der Waals surface area contributed by atoms with Crippen LogP contribution in [0.3, 0.4) is 0 Å². The van der Waals surface area contributed by atoms with E-state index in [1.54, 1.807) is 18.2 Å². The van der Waals surface area contributed by atoms with Gasteiger partial charge in [-0.2, -0.15) is 0 Å². The van der Waals surface area contributed by atoms with Gasteiger partial charge in [0.05, 0.1) is 30.3 Å². The summed E-state index contributed by atoms with van der Waals surface area (Å²) in [7, 11) is 0. The van der Waals surface area contributed by atoms with Crippen molar-refractivity contribution in [3.05, 3.63) is 34.5 Å². The zero-order chi connectivity index (χ0) is 21.5. The molecule has 5 aliphatic heterocycles. The summed E-state index contributed by atoms with van der Waals surface area (Å²) in [6.45, 7) is 1.99. The number of carbonyl (C=O) groups is 3. The van der Waals surface area contributed by atoms with Crippen molar-refractivity contribution in [3.8, 4) is 0 Å². The minimum absolute atomic E-state index is 0.0510. The van der Waals surface area contributed by atoms with E-state index in [1.807, 2.05) is 4.90 Å². The first-order valence-electron chi connectivity index (χ1n) is 11.6. The number of nitrogens with two attached hydrogens (primary N) is 1. The Morgan fingerprint density at radius 1 is 1.00 bits per heavy atom. The van der Waals surface area contributed by atoms with Gasteiger partial charge in [-0.25, -0.2) is 0 Å². The number of piperidine rings is 4. The molecule has 0 spiro atoms. The second kappa shape index (κ2) is 6.53. The van der Waals surface area contributed by atoms with Crippen LogP contribution in [-0.2, 0) is 4.79 Å². The Kier molecular flexibility index (Phi) is 4.05. The van der Waals surface area contributed by atoms with Crippen LogP contribution in [0.2, 0.25) is 0 Å². The third-order valence-corrected chi connectivity index (χ3v) is 8.57. The Labute approximate surface area is 181 Å². The van der Waals surface area contributed by atoms with Crippen LogP contribution in [0.15, 0.2) is 18.2 Å². The molecule has 8 nitrogen and oxygen atoms in total. The molecule has 0 aromatic heterocycles. The van der Waals surface area contributed by atoms with Crippen LogP contribution in [0.1, 0.15) is 59.2 Å². The number of nitrogens with zero attached hydrogens (tertiary/aromatic N) is 3. The van der Waals surface area contributed by atoms with E-state index < -0.39 is 17.9 Å². The Bertz CT molecular complexity index is 992. The van der Waals surface area contributed by atoms with Gasteiger partial charge in [0, 0.05) is 30.1 Å². The molecule has 5 aliphatic rings. The maximum absolute atomic E-state index is 13.7. The molecule has 6 atom stereocenters. The van der Waals surface area contributed by atoms with Crippen LogP contribution in [0, 0.1) is 17.0 Å². The number of nitrogen functional groups attached to an aromatic ring is 1. The molecule has 4 saturated heterocycles. The fraction of sp³-hybridized carbons (Fsp3) is 0.609. The zero-order valence-corrected chi connectivity index (χ0v) is 17.5. The number of hydrogen-bond donors (Lipinski definition) is 1. The predicted octanol–water partition coefficient (Wildman–Crippen LogP) is 1.74. The van der Waals surface area contributed by atoms with Crippen molar-refractivity contribution >= 4 is 23.4 Å². The van der Waals surface area contributed by atoms with Crippen LogP contribution in [-0.4, -0.2) is 69.9 Å². The lowest BCUT2D eigenvalue weighted by Crippen LogP contribution is -2.73. The van der Waals surface area contributed by atoms with E-state index in [-0.39, 0.29) is 51.3 Å². The van der Waals surface area contributed by atoms with E-state index in [2.05, 4.69) is 0 Å². The molecule has 6 rings (SSSR count). The first-order chi connectivity index (χ1) is 14.9. The van der Waals surface area contributed by atoms with Crippen molar-refractivity contribution in [1.82, 2.24) is 9.80 Å². The lowest BCUT2D eigenvalue weighted by molar-refractivity contribution is -0.925. The number of benzene rings is 1. The molecule has 3 amide bonds. The zero-order valence-electron chi connectivity index (χ0n) is 17.5. The summed E-state index contributed by atoms with van der Waals surface area (Å²) in [6, 6.07) is 4.24. The van der Waals surface area contributed by atoms with Crippen LogP contribution in [0.4, 0.5) is 5.69 Å². The quantitative estimate of drug-likeness (QED) is 0.320. The summed E-state index contributed by atoms with van der Waals surface area (Å²) < 4.78 is -0.0744. The fourth-order valence-electron chi connectivity index (χ4n) is 7.41. The fourth-order valence-corrected chi connectivity index (χ4v) is 7.41. The summed E-state index contributed by atoms with van der Waals surface area (Å²) in [5, 5.41) is 13.5. The van der Waals surface area contributed by atoms with Gasteiger partial charge in [0.2, 0.25) is 5.91 Å². The van der Waals surface area contributed by atoms with Crippen molar-refractivity contribution in [2.45, 2.75) is 56.7 Å². The predicted molar refractivity (Wildman–Crippen MR) is 112 cm³/mol. The smallest absolute Gasteiger partial charge is 0.264 e. The number of amides is 3. The Hall–Kier alpha value is -2.45. The molecule has 0 aliphatic carbocycles. The lowest BCUT2D eigenvalue weighted by atomic mass is 9.67. The number of rotatable bonds is 1. The van der Waals surface area contributed by atoms with Gasteiger partial charge in [-0.3, -0.25) is 19.3 Å². The van der Waals surface area contributed by atoms with E-state index in [0.29, 0.717) is 26.1 Å². The number of hydrogen-bond acceptors (Lipinski definition) is 5. The van der Waals surface area contributed by atoms with Crippen LogP contribution >= 0.6 is 0 Å². The van der Waals surface area contributed by atoms with E-state index in [0.717, 1.165) is 37.0 Å². The van der Waals surface area contributed by atoms with Crippen molar-refractivity contribution in [2.75, 3.05) is 25.4 Å². The average Bonchev–Trinajstić information content (AvgIpc) is 3.00. The topological polar surface area (TPSA) is 107 Å². The summed E-state index contributed by atoms with van der Waals surface area (Å²) in [5.41, 5.74) is 6.75. The molecular formula is C23H28N4O4. The third-order valence-electron chi connectivity index (χ3n) is 8.57. The largest absolute Gasteiger partial charge is 0.633 e. The summed E-state index contributed by atoms with van der Waals surface area (Å²) >= 11 is 0. The van der Waals surface area contributed by atoms with Gasteiger partial charge in [0.15, 0.2) is 0 Å². The Morgan fingerprint density at radius 2 is 1.77 bits per heavy atom. The van der Waals surface area contributed by atoms with E-state index in [4.69, 9.17) is 5.73 Å². The Morgan fingerprint density at radius 3 is 2.55 bits per heavy atom. The highest BCUT2D eigenvalue weighted by molar-refractivity contribution is 6.25. The molecular weight excluding hydrogens is 396 g/mol. The molecule has 8 heteroatoms. The number of carbonyl (C=O) groups excluding carboxylic acids is 3. The average molecular weight is 425 g/mol. The van der Waals surface area contributed by atoms with Gasteiger partial charge in [-0.1, -0.05) is 6.07 Å². The van der Waals surface area contributed by atoms with Crippen LogP contribution in [0.25, 0.3) is 0 Å². The van der Waals surface area contributed by atoms with Crippen molar-refractivity contribution in [2.24, 2.45) is 11.8 Å². The molecule has 0 radical (unpaired) electrons. The molecule has 1 aromatic carbocycles. The minimum atomic E-state index is -0.779. The van der Waals surface area contributed by atoms with Crippen molar-refractivity contribution in [3.63, 3.8) is 0 Å². The summed E-state index contributed by atoms with van der Waals surface area (Å²) in [6.07, 6.45) is 4.98. The molecule has 1 aromatic rings. The Balaban J connectivity index is 1.31. The van der Waals surface area contributed by atoms with Gasteiger partial charge in [-0.05, 0) is 50.7 Å². The highest BCUT2D eigenvalue weighted by Crippen LogP contribution is 2.48. The van der Waals surface area contributed by atoms with Gasteiger partial charge in [0.1, 0.15) is 6.04 Å². The molecule has 164 valence electrons. The number of fused-ring (bicyclic) bond motifs is 3. The molecule has 2 unspecified atom stereocenters. The second-order valence-electron chi connectivity index (χ2n) is 10.00. The first kappa shape index (κ1) is 19.3. The second-order valence-corrected chi connectivity index (χ2v) is 10.00. The van der Waals surface area contributed by atoms with Gasteiger partial charge in [-0.15, -0.1) is 0 Å². The van der Waals surface area contributed by atoms with Crippen molar-refractivity contribution in [1.29, 1.82) is 0 Å². The maximum atomic E-state index is 13.7. The standard InChI is InChI=1S/C23H28N4O4/c24-16-7-1-5-15-19(16)23(30)26(21(15)28)18-9-8-17-14-6-3-11-27(31)10-2-4-13(20(14)27)12-25(17)22(18)29/h1,5,7,13-14,17-18,20H,2-4,6,8-12,24H2/t13-,14+,17+,18?,20-,27?/m0/s1. The van der Waals surface area contributed by atoms with Crippen LogP contribution in [0.5, 0.6) is 0 Å². The van der Waals surface area contributed by atoms with Gasteiger partial charge < -0.3 is 20.5 Å². The number of anilines is 1.